The first-order chi connectivity index (χ1) is 12.9. The number of rotatable bonds is 7. The molecule has 0 fully saturated rings. The van der Waals surface area contributed by atoms with E-state index in [4.69, 9.17) is 26.9 Å². The molecule has 2 N–H and O–H groups in total. The van der Waals surface area contributed by atoms with Gasteiger partial charge >= 0.3 is 12.6 Å². The molecule has 27 heavy (non-hydrogen) atoms. The van der Waals surface area contributed by atoms with Crippen LogP contribution in [0.4, 0.5) is 8.78 Å². The Hall–Kier alpha value is -3.13. The van der Waals surface area contributed by atoms with E-state index in [0.717, 1.165) is 6.08 Å². The summed E-state index contributed by atoms with van der Waals surface area (Å²) in [4.78, 5) is 16.4. The van der Waals surface area contributed by atoms with E-state index in [1.165, 1.54) is 43.5 Å². The van der Waals surface area contributed by atoms with Crippen LogP contribution in [-0.4, -0.2) is 25.5 Å². The monoisotopic (exact) mass is 396 g/mol. The SMILES string of the molecule is COc1ccc(Cl)cc1/C(N)=N/OC(=O)/C=C\c1ccc(OC(F)F)cc1. The number of hydrogen-bond donors (Lipinski definition) is 1. The van der Waals surface area contributed by atoms with Crippen LogP contribution in [0.1, 0.15) is 11.1 Å². The summed E-state index contributed by atoms with van der Waals surface area (Å²) in [6.45, 7) is -2.90. The van der Waals surface area contributed by atoms with Crippen molar-refractivity contribution in [3.8, 4) is 11.5 Å². The van der Waals surface area contributed by atoms with Crippen LogP contribution in [-0.2, 0) is 9.63 Å². The zero-order valence-corrected chi connectivity index (χ0v) is 14.8. The molecule has 2 rings (SSSR count). The van der Waals surface area contributed by atoms with Crippen LogP contribution in [0.25, 0.3) is 6.08 Å². The molecule has 142 valence electrons. The second-order valence-electron chi connectivity index (χ2n) is 5.01. The van der Waals surface area contributed by atoms with Crippen molar-refractivity contribution in [3.05, 3.63) is 64.7 Å². The molecule has 2 aromatic rings. The molecule has 0 amide bonds. The molecule has 0 heterocycles. The average Bonchev–Trinajstić information content (AvgIpc) is 2.65. The molecule has 0 bridgehead atoms. The van der Waals surface area contributed by atoms with Crippen molar-refractivity contribution in [3.63, 3.8) is 0 Å². The fourth-order valence-corrected chi connectivity index (χ4v) is 2.15. The highest BCUT2D eigenvalue weighted by atomic mass is 35.5. The maximum Gasteiger partial charge on any atom is 0.387 e. The largest absolute Gasteiger partial charge is 0.496 e. The van der Waals surface area contributed by atoms with Gasteiger partial charge in [-0.1, -0.05) is 28.9 Å². The Morgan fingerprint density at radius 1 is 1.22 bits per heavy atom. The zero-order chi connectivity index (χ0) is 19.8. The number of amidine groups is 1. The Bertz CT molecular complexity index is 855. The molecule has 0 atom stereocenters. The highest BCUT2D eigenvalue weighted by molar-refractivity contribution is 6.31. The van der Waals surface area contributed by atoms with Crippen molar-refractivity contribution >= 4 is 29.5 Å². The highest BCUT2D eigenvalue weighted by Crippen LogP contribution is 2.22. The molecular formula is C18H15ClF2N2O4. The summed E-state index contributed by atoms with van der Waals surface area (Å²) in [6, 6.07) is 10.4. The molecule has 0 saturated carbocycles. The lowest BCUT2D eigenvalue weighted by atomic mass is 10.2. The van der Waals surface area contributed by atoms with Gasteiger partial charge in [0.15, 0.2) is 5.84 Å². The highest BCUT2D eigenvalue weighted by Gasteiger charge is 2.09. The van der Waals surface area contributed by atoms with Gasteiger partial charge in [-0.15, -0.1) is 0 Å². The normalized spacial score (nSPS) is 11.7. The summed E-state index contributed by atoms with van der Waals surface area (Å²) >= 11 is 5.90. The van der Waals surface area contributed by atoms with Gasteiger partial charge in [0.2, 0.25) is 0 Å². The Balaban J connectivity index is 2.00. The van der Waals surface area contributed by atoms with Crippen LogP contribution in [0.5, 0.6) is 11.5 Å². The number of alkyl halides is 2. The second kappa shape index (κ2) is 9.54. The number of carbonyl (C=O) groups excluding carboxylic acids is 1. The molecule has 9 heteroatoms. The standard InChI is InChI=1S/C18H15ClF2N2O4/c1-25-15-8-5-12(19)10-14(15)17(22)23-27-16(24)9-4-11-2-6-13(7-3-11)26-18(20)21/h2-10,18H,1H3,(H2,22,23)/b9-4-. The van der Waals surface area contributed by atoms with Gasteiger partial charge in [0.05, 0.1) is 12.7 Å². The van der Waals surface area contributed by atoms with E-state index in [9.17, 15) is 13.6 Å². The van der Waals surface area contributed by atoms with E-state index in [1.54, 1.807) is 12.1 Å². The Labute approximate surface area is 158 Å². The van der Waals surface area contributed by atoms with Crippen LogP contribution in [0.2, 0.25) is 5.02 Å². The summed E-state index contributed by atoms with van der Waals surface area (Å²) in [6.07, 6.45) is 2.52. The fourth-order valence-electron chi connectivity index (χ4n) is 1.98. The zero-order valence-electron chi connectivity index (χ0n) is 14.1. The molecule has 0 saturated heterocycles. The predicted octanol–water partition coefficient (Wildman–Crippen LogP) is 3.83. The molecule has 0 aliphatic carbocycles. The minimum atomic E-state index is -2.90. The molecule has 0 unspecified atom stereocenters. The molecule has 6 nitrogen and oxygen atoms in total. The lowest BCUT2D eigenvalue weighted by molar-refractivity contribution is -0.137. The van der Waals surface area contributed by atoms with Gasteiger partial charge in [0.25, 0.3) is 0 Å². The second-order valence-corrected chi connectivity index (χ2v) is 5.45. The van der Waals surface area contributed by atoms with Crippen LogP contribution in [0.3, 0.4) is 0 Å². The van der Waals surface area contributed by atoms with Crippen molar-refractivity contribution in [1.29, 1.82) is 0 Å². The topological polar surface area (TPSA) is 83.1 Å². The van der Waals surface area contributed by atoms with Crippen molar-refractivity contribution in [2.75, 3.05) is 7.11 Å². The minimum absolute atomic E-state index is 0.0116. The first-order valence-electron chi connectivity index (χ1n) is 7.50. The molecule has 0 spiro atoms. The third-order valence-electron chi connectivity index (χ3n) is 3.19. The number of hydrogen-bond acceptors (Lipinski definition) is 5. The Kier molecular flexibility index (Phi) is 7.13. The number of carbonyl (C=O) groups is 1. The van der Waals surface area contributed by atoms with E-state index in [-0.39, 0.29) is 11.6 Å². The number of benzene rings is 2. The fraction of sp³-hybridized carbons (Fsp3) is 0.111. The molecule has 0 aliphatic heterocycles. The summed E-state index contributed by atoms with van der Waals surface area (Å²) in [7, 11) is 1.45. The van der Waals surface area contributed by atoms with Crippen molar-refractivity contribution in [2.24, 2.45) is 10.9 Å². The predicted molar refractivity (Wildman–Crippen MR) is 96.9 cm³/mol. The smallest absolute Gasteiger partial charge is 0.387 e. The van der Waals surface area contributed by atoms with Gasteiger partial charge in [0, 0.05) is 11.1 Å². The molecule has 2 aromatic carbocycles. The Morgan fingerprint density at radius 3 is 2.56 bits per heavy atom. The lowest BCUT2D eigenvalue weighted by Crippen LogP contribution is -2.16. The number of nitrogens with zero attached hydrogens (tertiary/aromatic N) is 1. The number of halogens is 3. The molecule has 0 aromatic heterocycles. The third-order valence-corrected chi connectivity index (χ3v) is 3.42. The summed E-state index contributed by atoms with van der Waals surface area (Å²) < 4.78 is 33.5. The first-order valence-corrected chi connectivity index (χ1v) is 7.88. The van der Waals surface area contributed by atoms with E-state index >= 15 is 0 Å². The molecular weight excluding hydrogens is 382 g/mol. The van der Waals surface area contributed by atoms with Crippen LogP contribution >= 0.6 is 11.6 Å². The lowest BCUT2D eigenvalue weighted by Gasteiger charge is -2.07. The van der Waals surface area contributed by atoms with E-state index < -0.39 is 12.6 Å². The van der Waals surface area contributed by atoms with Crippen LogP contribution in [0, 0.1) is 0 Å². The Morgan fingerprint density at radius 2 is 1.93 bits per heavy atom. The summed E-state index contributed by atoms with van der Waals surface area (Å²) in [5, 5.41) is 3.97. The van der Waals surface area contributed by atoms with E-state index in [1.807, 2.05) is 0 Å². The maximum absolute atomic E-state index is 12.1. The van der Waals surface area contributed by atoms with Crippen molar-refractivity contribution < 1.29 is 27.9 Å². The molecule has 0 aliphatic rings. The van der Waals surface area contributed by atoms with E-state index in [0.29, 0.717) is 21.9 Å². The molecule has 0 radical (unpaired) electrons. The maximum atomic E-state index is 12.1. The third kappa shape index (κ3) is 6.27. The van der Waals surface area contributed by atoms with Gasteiger partial charge in [-0.2, -0.15) is 8.78 Å². The van der Waals surface area contributed by atoms with Crippen molar-refractivity contribution in [2.45, 2.75) is 6.61 Å². The first kappa shape index (κ1) is 20.2. The number of oxime groups is 1. The van der Waals surface area contributed by atoms with Gasteiger partial charge in [0.1, 0.15) is 11.5 Å². The van der Waals surface area contributed by atoms with Crippen LogP contribution < -0.4 is 15.2 Å². The van der Waals surface area contributed by atoms with Crippen molar-refractivity contribution in [1.82, 2.24) is 0 Å². The summed E-state index contributed by atoms with van der Waals surface area (Å²) in [5.74, 6) is -0.452. The number of ether oxygens (including phenoxy) is 2. The minimum Gasteiger partial charge on any atom is -0.496 e. The van der Waals surface area contributed by atoms with Gasteiger partial charge in [-0.25, -0.2) is 4.79 Å². The van der Waals surface area contributed by atoms with Crippen LogP contribution in [0.15, 0.2) is 53.7 Å². The number of methoxy groups -OCH3 is 1. The van der Waals surface area contributed by atoms with Gasteiger partial charge in [-0.05, 0) is 42.0 Å². The summed E-state index contributed by atoms with van der Waals surface area (Å²) in [5.41, 5.74) is 6.73. The van der Waals surface area contributed by atoms with Gasteiger partial charge in [-0.3, -0.25) is 0 Å². The van der Waals surface area contributed by atoms with E-state index in [2.05, 4.69) is 9.89 Å². The quantitative estimate of drug-likeness (QED) is 0.253. The number of nitrogens with two attached hydrogens (primary N) is 1. The van der Waals surface area contributed by atoms with Gasteiger partial charge < -0.3 is 20.0 Å². The average molecular weight is 397 g/mol.